The lowest BCUT2D eigenvalue weighted by molar-refractivity contribution is -0.121. The Hall–Kier alpha value is -2.91. The Bertz CT molecular complexity index is 1180. The van der Waals surface area contributed by atoms with E-state index in [0.29, 0.717) is 48.0 Å². The predicted octanol–water partition coefficient (Wildman–Crippen LogP) is 3.49. The van der Waals surface area contributed by atoms with E-state index in [1.54, 1.807) is 13.0 Å². The second-order valence-electron chi connectivity index (χ2n) is 8.92. The van der Waals surface area contributed by atoms with Gasteiger partial charge in [0.15, 0.2) is 6.61 Å². The molecule has 8 nitrogen and oxygen atoms in total. The summed E-state index contributed by atoms with van der Waals surface area (Å²) >= 11 is 0. The topological polar surface area (TPSA) is 105 Å². The van der Waals surface area contributed by atoms with Gasteiger partial charge in [0.05, 0.1) is 16.5 Å². The second kappa shape index (κ2) is 9.15. The van der Waals surface area contributed by atoms with E-state index in [0.717, 1.165) is 0 Å². The van der Waals surface area contributed by atoms with Crippen LogP contribution in [0.1, 0.15) is 43.7 Å². The summed E-state index contributed by atoms with van der Waals surface area (Å²) in [6, 6.07) is 10.8. The molecule has 2 N–H and O–H groups in total. The highest BCUT2D eigenvalue weighted by Crippen LogP contribution is 2.35. The first kappa shape index (κ1) is 23.3. The average molecular weight is 472 g/mol. The van der Waals surface area contributed by atoms with Crippen LogP contribution in [0.4, 0.5) is 11.4 Å². The molecule has 2 amide bonds. The highest BCUT2D eigenvalue weighted by atomic mass is 32.2. The molecule has 1 atom stereocenters. The van der Waals surface area contributed by atoms with Crippen molar-refractivity contribution in [2.24, 2.45) is 5.92 Å². The zero-order valence-corrected chi connectivity index (χ0v) is 19.9. The van der Waals surface area contributed by atoms with Crippen LogP contribution >= 0.6 is 0 Å². The maximum atomic E-state index is 13.4. The monoisotopic (exact) mass is 471 g/mol. The number of ether oxygens (including phenoxy) is 1. The minimum Gasteiger partial charge on any atom is -0.482 e. The first-order valence-corrected chi connectivity index (χ1v) is 12.6. The molecule has 2 aromatic carbocycles. The maximum absolute atomic E-state index is 13.4. The number of amides is 2. The zero-order chi connectivity index (χ0) is 23.8. The van der Waals surface area contributed by atoms with E-state index in [4.69, 9.17) is 4.74 Å². The fourth-order valence-corrected chi connectivity index (χ4v) is 5.95. The smallest absolute Gasteiger partial charge is 0.262 e. The Balaban J connectivity index is 1.49. The molecule has 2 aliphatic heterocycles. The minimum absolute atomic E-state index is 0.117. The Morgan fingerprint density at radius 1 is 1.21 bits per heavy atom. The molecule has 2 heterocycles. The van der Waals surface area contributed by atoms with Crippen molar-refractivity contribution in [1.82, 2.24) is 4.31 Å². The fourth-order valence-electron chi connectivity index (χ4n) is 4.20. The van der Waals surface area contributed by atoms with Crippen molar-refractivity contribution >= 4 is 33.2 Å². The third-order valence-corrected chi connectivity index (χ3v) is 8.13. The zero-order valence-electron chi connectivity index (χ0n) is 19.1. The summed E-state index contributed by atoms with van der Waals surface area (Å²) in [7, 11) is -3.83. The van der Waals surface area contributed by atoms with Gasteiger partial charge in [-0.3, -0.25) is 9.59 Å². The van der Waals surface area contributed by atoms with Crippen molar-refractivity contribution in [3.8, 4) is 5.75 Å². The van der Waals surface area contributed by atoms with Gasteiger partial charge in [0.1, 0.15) is 5.75 Å². The predicted molar refractivity (Wildman–Crippen MR) is 126 cm³/mol. The van der Waals surface area contributed by atoms with Gasteiger partial charge < -0.3 is 15.4 Å². The highest BCUT2D eigenvalue weighted by molar-refractivity contribution is 7.89. The molecule has 0 bridgehead atoms. The number of carbonyl (C=O) groups excluding carboxylic acids is 2. The molecule has 1 fully saturated rings. The quantitative estimate of drug-likeness (QED) is 0.695. The lowest BCUT2D eigenvalue weighted by Crippen LogP contribution is -2.43. The Morgan fingerprint density at radius 2 is 1.94 bits per heavy atom. The van der Waals surface area contributed by atoms with Gasteiger partial charge in [-0.15, -0.1) is 0 Å². The van der Waals surface area contributed by atoms with Crippen molar-refractivity contribution in [2.75, 3.05) is 30.3 Å². The van der Waals surface area contributed by atoms with E-state index in [1.807, 2.05) is 24.3 Å². The van der Waals surface area contributed by atoms with Crippen molar-refractivity contribution < 1.29 is 22.7 Å². The summed E-state index contributed by atoms with van der Waals surface area (Å²) in [5, 5.41) is 5.61. The van der Waals surface area contributed by atoms with Gasteiger partial charge in [-0.2, -0.15) is 4.31 Å². The second-order valence-corrected chi connectivity index (χ2v) is 10.8. The molecule has 0 spiro atoms. The van der Waals surface area contributed by atoms with E-state index in [9.17, 15) is 18.0 Å². The number of rotatable bonds is 5. The fraction of sp³-hybridized carbons (Fsp3) is 0.417. The van der Waals surface area contributed by atoms with Gasteiger partial charge in [-0.1, -0.05) is 26.0 Å². The number of aryl methyl sites for hydroxylation is 1. The van der Waals surface area contributed by atoms with E-state index in [1.165, 1.54) is 15.9 Å². The van der Waals surface area contributed by atoms with Crippen LogP contribution in [-0.2, 0) is 19.6 Å². The van der Waals surface area contributed by atoms with Crippen molar-refractivity contribution in [1.29, 1.82) is 0 Å². The van der Waals surface area contributed by atoms with Crippen LogP contribution in [-0.4, -0.2) is 44.2 Å². The number of nitrogens with one attached hydrogen (secondary N) is 2. The maximum Gasteiger partial charge on any atom is 0.262 e. The highest BCUT2D eigenvalue weighted by Gasteiger charge is 2.35. The molecule has 0 aliphatic carbocycles. The number of fused-ring (bicyclic) bond motifs is 1. The number of anilines is 2. The van der Waals surface area contributed by atoms with Gasteiger partial charge in [0.25, 0.3) is 5.91 Å². The van der Waals surface area contributed by atoms with Gasteiger partial charge >= 0.3 is 0 Å². The number of carbonyl (C=O) groups is 2. The molecule has 1 unspecified atom stereocenters. The van der Waals surface area contributed by atoms with Gasteiger partial charge in [-0.25, -0.2) is 8.42 Å². The third kappa shape index (κ3) is 4.89. The van der Waals surface area contributed by atoms with Crippen molar-refractivity contribution in [2.45, 2.75) is 44.4 Å². The van der Waals surface area contributed by atoms with Crippen molar-refractivity contribution in [3.63, 3.8) is 0 Å². The lowest BCUT2D eigenvalue weighted by atomic mass is 9.98. The van der Waals surface area contributed by atoms with E-state index < -0.39 is 15.9 Å². The number of hydrogen-bond donors (Lipinski definition) is 2. The number of piperidine rings is 1. The molecule has 33 heavy (non-hydrogen) atoms. The lowest BCUT2D eigenvalue weighted by Gasteiger charge is -2.32. The molecule has 4 rings (SSSR count). The number of sulfonamides is 1. The summed E-state index contributed by atoms with van der Waals surface area (Å²) in [5.41, 5.74) is 2.86. The van der Waals surface area contributed by atoms with Crippen LogP contribution in [0.5, 0.6) is 5.75 Å². The van der Waals surface area contributed by atoms with Crippen LogP contribution in [0.25, 0.3) is 0 Å². The molecule has 2 aliphatic rings. The summed E-state index contributed by atoms with van der Waals surface area (Å²) < 4.78 is 33.7. The Labute approximate surface area is 194 Å². The molecule has 9 heteroatoms. The Morgan fingerprint density at radius 3 is 2.64 bits per heavy atom. The molecule has 0 saturated carbocycles. The van der Waals surface area contributed by atoms with Crippen molar-refractivity contribution in [3.05, 3.63) is 47.5 Å². The first-order valence-electron chi connectivity index (χ1n) is 11.1. The third-order valence-electron chi connectivity index (χ3n) is 6.13. The molecule has 1 saturated heterocycles. The Kier molecular flexibility index (Phi) is 6.45. The normalized spacial score (nSPS) is 18.9. The summed E-state index contributed by atoms with van der Waals surface area (Å²) in [4.78, 5) is 24.6. The average Bonchev–Trinajstić information content (AvgIpc) is 2.78. The molecular weight excluding hydrogens is 442 g/mol. The molecular formula is C24H29N3O5S. The van der Waals surface area contributed by atoms with Crippen LogP contribution in [0.2, 0.25) is 0 Å². The SMILES string of the molecule is Cc1cc2c(cc1S(=O)(=O)N1CCCC(C(=O)Nc3ccc(C(C)C)cc3)C1)OCC(=O)N2. The van der Waals surface area contributed by atoms with Crippen LogP contribution in [0.3, 0.4) is 0 Å². The molecule has 0 radical (unpaired) electrons. The van der Waals surface area contributed by atoms with E-state index in [-0.39, 0.29) is 29.9 Å². The van der Waals surface area contributed by atoms with E-state index >= 15 is 0 Å². The van der Waals surface area contributed by atoms with Gasteiger partial charge in [-0.05, 0) is 55.0 Å². The largest absolute Gasteiger partial charge is 0.482 e. The first-order chi connectivity index (χ1) is 15.6. The molecule has 0 aromatic heterocycles. The summed E-state index contributed by atoms with van der Waals surface area (Å²) in [6.45, 7) is 6.21. The minimum atomic E-state index is -3.83. The number of hydrogen-bond acceptors (Lipinski definition) is 5. The number of nitrogens with zero attached hydrogens (tertiary/aromatic N) is 1. The van der Waals surface area contributed by atoms with Gasteiger partial charge in [0.2, 0.25) is 15.9 Å². The van der Waals surface area contributed by atoms with Crippen LogP contribution < -0.4 is 15.4 Å². The van der Waals surface area contributed by atoms with Gasteiger partial charge in [0, 0.05) is 24.8 Å². The molecule has 176 valence electrons. The summed E-state index contributed by atoms with van der Waals surface area (Å²) in [5.74, 6) is -0.163. The number of benzene rings is 2. The van der Waals surface area contributed by atoms with Crippen LogP contribution in [0, 0.1) is 12.8 Å². The summed E-state index contributed by atoms with van der Waals surface area (Å²) in [6.07, 6.45) is 1.22. The standard InChI is InChI=1S/C24H29N3O5S/c1-15(2)17-6-8-19(9-7-17)25-24(29)18-5-4-10-27(13-18)33(30,31)22-12-21-20(11-16(22)3)26-23(28)14-32-21/h6-9,11-12,15,18H,4-5,10,13-14H2,1-3H3,(H,25,29)(H,26,28). The van der Waals surface area contributed by atoms with E-state index in [2.05, 4.69) is 24.5 Å². The molecule has 2 aromatic rings. The van der Waals surface area contributed by atoms with Crippen LogP contribution in [0.15, 0.2) is 41.3 Å².